The molecule has 1 saturated carbocycles. The lowest BCUT2D eigenvalue weighted by atomic mass is 9.85. The molecule has 8 heterocycles. The maximum absolute atomic E-state index is 15.5. The zero-order valence-electron chi connectivity index (χ0n) is 34.4. The number of piperidine rings is 2. The molecule has 4 aromatic rings. The van der Waals surface area contributed by atoms with Crippen molar-refractivity contribution in [1.29, 1.82) is 0 Å². The normalized spacial score (nSPS) is 28.2. The Morgan fingerprint density at radius 3 is 2.63 bits per heavy atom. The van der Waals surface area contributed by atoms with E-state index in [9.17, 15) is 23.2 Å². The van der Waals surface area contributed by atoms with E-state index in [4.69, 9.17) is 14.5 Å². The molecule has 1 aromatic carbocycles. The van der Waals surface area contributed by atoms with Gasteiger partial charge in [0.25, 0.3) is 12.3 Å². The van der Waals surface area contributed by atoms with Crippen LogP contribution in [0.5, 0.6) is 0 Å². The van der Waals surface area contributed by atoms with E-state index in [1.165, 1.54) is 16.9 Å². The highest BCUT2D eigenvalue weighted by molar-refractivity contribution is 6.08. The van der Waals surface area contributed by atoms with Crippen molar-refractivity contribution in [2.45, 2.75) is 94.3 Å². The topological polar surface area (TPSA) is 163 Å². The number of nitrogens with one attached hydrogen (secondary N) is 3. The summed E-state index contributed by atoms with van der Waals surface area (Å²) in [6.07, 6.45) is 5.98. The number of carbonyl (C=O) groups is 3. The maximum Gasteiger partial charge on any atom is 0.284 e. The van der Waals surface area contributed by atoms with Crippen molar-refractivity contribution in [3.05, 3.63) is 60.2 Å². The fourth-order valence-corrected chi connectivity index (χ4v) is 10.1. The van der Waals surface area contributed by atoms with Crippen molar-refractivity contribution in [3.8, 4) is 0 Å². The van der Waals surface area contributed by atoms with Crippen molar-refractivity contribution < 1.29 is 37.0 Å². The lowest BCUT2D eigenvalue weighted by Crippen LogP contribution is -2.51. The minimum atomic E-state index is -2.88. The first kappa shape index (κ1) is 40.8. The lowest BCUT2D eigenvalue weighted by molar-refractivity contribution is -0.133. The molecule has 1 aliphatic carbocycles. The average Bonchev–Trinajstić information content (AvgIpc) is 4.07. The second-order valence-corrected chi connectivity index (χ2v) is 17.9. The highest BCUT2D eigenvalue weighted by atomic mass is 19.3. The SMILES string of the molecule is O=C1CCC(Nc2cccc(N3CC(CO[C@@H]4CCN(CC5CCC(n6cc(NC(=O)c7cnn8ccc(N9C[C@H]%10C[C@@H]9CO%10)nc78)c(C(F)F)n6)CC5)C[C@@H]4F)C3)c2)C(=O)N1. The van der Waals surface area contributed by atoms with Crippen LogP contribution in [0.3, 0.4) is 0 Å². The molecule has 2 bridgehead atoms. The Kier molecular flexibility index (Phi) is 11.3. The molecular weight excluding hydrogens is 808 g/mol. The smallest absolute Gasteiger partial charge is 0.284 e. The van der Waals surface area contributed by atoms with E-state index in [1.807, 2.05) is 30.3 Å². The fraction of sp³-hybridized carbons (Fsp3) is 0.581. The monoisotopic (exact) mass is 859 g/mol. The molecule has 62 heavy (non-hydrogen) atoms. The van der Waals surface area contributed by atoms with Gasteiger partial charge >= 0.3 is 0 Å². The van der Waals surface area contributed by atoms with E-state index in [-0.39, 0.29) is 41.3 Å². The van der Waals surface area contributed by atoms with Crippen LogP contribution in [0.2, 0.25) is 0 Å². The Morgan fingerprint density at radius 2 is 1.87 bits per heavy atom. The molecule has 3 N–H and O–H groups in total. The predicted octanol–water partition coefficient (Wildman–Crippen LogP) is 4.61. The van der Waals surface area contributed by atoms with E-state index in [2.05, 4.69) is 40.8 Å². The average molecular weight is 860 g/mol. The summed E-state index contributed by atoms with van der Waals surface area (Å²) in [6.45, 7) is 5.33. The third-order valence-corrected chi connectivity index (χ3v) is 13.6. The van der Waals surface area contributed by atoms with Crippen LogP contribution in [-0.2, 0) is 19.1 Å². The van der Waals surface area contributed by atoms with Crippen LogP contribution in [0.1, 0.15) is 79.9 Å². The van der Waals surface area contributed by atoms with Crippen molar-refractivity contribution in [2.24, 2.45) is 11.8 Å². The summed E-state index contributed by atoms with van der Waals surface area (Å²) in [7, 11) is 0. The van der Waals surface area contributed by atoms with Gasteiger partial charge in [-0.3, -0.25) is 29.3 Å². The Bertz CT molecular complexity index is 2290. The molecule has 16 nitrogen and oxygen atoms in total. The second kappa shape index (κ2) is 17.1. The highest BCUT2D eigenvalue weighted by Crippen LogP contribution is 2.37. The third-order valence-electron chi connectivity index (χ3n) is 13.6. The third kappa shape index (κ3) is 8.45. The number of ether oxygens (including phenoxy) is 2. The molecule has 6 fully saturated rings. The van der Waals surface area contributed by atoms with Gasteiger partial charge in [-0.25, -0.2) is 22.7 Å². The zero-order chi connectivity index (χ0) is 42.5. The van der Waals surface area contributed by atoms with Crippen LogP contribution in [0.4, 0.5) is 36.1 Å². The molecule has 5 atom stereocenters. The first-order chi connectivity index (χ1) is 30.1. The van der Waals surface area contributed by atoms with Gasteiger partial charge in [0, 0.05) is 75.4 Å². The van der Waals surface area contributed by atoms with Crippen molar-refractivity contribution in [3.63, 3.8) is 0 Å². The van der Waals surface area contributed by atoms with Gasteiger partial charge in [0.15, 0.2) is 11.3 Å². The summed E-state index contributed by atoms with van der Waals surface area (Å²) >= 11 is 0. The van der Waals surface area contributed by atoms with E-state index in [0.29, 0.717) is 56.5 Å². The lowest BCUT2D eigenvalue weighted by Gasteiger charge is -2.43. The number of benzene rings is 1. The van der Waals surface area contributed by atoms with Crippen molar-refractivity contribution >= 4 is 46.2 Å². The summed E-state index contributed by atoms with van der Waals surface area (Å²) in [4.78, 5) is 48.5. The number of hydrogen-bond acceptors (Lipinski definition) is 12. The summed E-state index contributed by atoms with van der Waals surface area (Å²) in [6, 6.07) is 9.44. The van der Waals surface area contributed by atoms with Gasteiger partial charge < -0.3 is 29.9 Å². The Labute approximate surface area is 356 Å². The number of hydrogen-bond donors (Lipinski definition) is 3. The maximum atomic E-state index is 15.5. The molecule has 3 aromatic heterocycles. The van der Waals surface area contributed by atoms with Crippen LogP contribution in [0, 0.1) is 11.8 Å². The van der Waals surface area contributed by atoms with E-state index in [1.54, 1.807) is 10.9 Å². The largest absolute Gasteiger partial charge is 0.375 e. The van der Waals surface area contributed by atoms with Gasteiger partial charge in [-0.1, -0.05) is 6.07 Å². The summed E-state index contributed by atoms with van der Waals surface area (Å²) in [5.41, 5.74) is 1.87. The zero-order valence-corrected chi connectivity index (χ0v) is 34.4. The van der Waals surface area contributed by atoms with E-state index in [0.717, 1.165) is 82.0 Å². The number of halogens is 3. The highest BCUT2D eigenvalue weighted by Gasteiger charge is 2.40. The quantitative estimate of drug-likeness (QED) is 0.161. The molecule has 330 valence electrons. The molecule has 10 rings (SSSR count). The number of morpholine rings is 1. The number of amides is 3. The number of nitrogens with zero attached hydrogens (tertiary/aromatic N) is 8. The summed E-state index contributed by atoms with van der Waals surface area (Å²) in [5.74, 6) is 0.249. The fourth-order valence-electron chi connectivity index (χ4n) is 10.1. The van der Waals surface area contributed by atoms with Gasteiger partial charge in [0.2, 0.25) is 11.8 Å². The van der Waals surface area contributed by atoms with Crippen LogP contribution in [0.25, 0.3) is 5.65 Å². The van der Waals surface area contributed by atoms with Crippen LogP contribution in [0.15, 0.2) is 48.9 Å². The number of likely N-dealkylation sites (tertiary alicyclic amines) is 1. The Balaban J connectivity index is 0.667. The van der Waals surface area contributed by atoms with Gasteiger partial charge in [-0.05, 0) is 75.1 Å². The number of fused-ring (bicyclic) bond motifs is 3. The Hall–Kier alpha value is -5.27. The first-order valence-corrected chi connectivity index (χ1v) is 21.9. The van der Waals surface area contributed by atoms with Gasteiger partial charge in [-0.15, -0.1) is 0 Å². The number of alkyl halides is 3. The van der Waals surface area contributed by atoms with Crippen molar-refractivity contribution in [1.82, 2.24) is 34.6 Å². The molecule has 3 amide bonds. The van der Waals surface area contributed by atoms with Crippen LogP contribution >= 0.6 is 0 Å². The van der Waals surface area contributed by atoms with Gasteiger partial charge in [0.05, 0.1) is 49.4 Å². The number of carbonyl (C=O) groups excluding carboxylic acids is 3. The number of anilines is 4. The van der Waals surface area contributed by atoms with Gasteiger partial charge in [0.1, 0.15) is 23.6 Å². The number of rotatable bonds is 13. The number of imide groups is 1. The molecule has 6 aliphatic rings. The first-order valence-electron chi connectivity index (χ1n) is 21.9. The molecule has 5 aliphatic heterocycles. The molecule has 0 radical (unpaired) electrons. The van der Waals surface area contributed by atoms with E-state index < -0.39 is 36.3 Å². The standard InChI is InChI=1S/C43H52F3N11O5/c44-33-21-53(12-10-36(33)62-23-26-18-54(19-26)29-3-1-2-27(14-29)48-34-8-9-38(58)51-43(34)60)17-25-4-6-28(7-5-25)57-22-35(39(52-57)40(45)46)49-42(59)32-16-47-56-13-11-37(50-41(32)56)55-20-31-15-30(55)24-61-31/h1-3,11,13-14,16,22,25-26,28,30-31,33-34,36,40,48H,4-10,12,15,17-21,23-24H2,(H,49,59)(H,51,58,60)/t25?,28?,30-,31-,33+,34?,36-/m1/s1. The van der Waals surface area contributed by atoms with Crippen LogP contribution < -0.4 is 25.8 Å². The van der Waals surface area contributed by atoms with E-state index >= 15 is 4.39 Å². The van der Waals surface area contributed by atoms with Crippen molar-refractivity contribution in [2.75, 3.05) is 72.9 Å². The number of aromatic nitrogens is 5. The molecular formula is C43H52F3N11O5. The molecule has 0 spiro atoms. The molecule has 1 unspecified atom stereocenters. The molecule has 5 saturated heterocycles. The second-order valence-electron chi connectivity index (χ2n) is 17.9. The molecule has 19 heteroatoms. The van der Waals surface area contributed by atoms with Crippen LogP contribution in [-0.4, -0.2) is 130 Å². The summed E-state index contributed by atoms with van der Waals surface area (Å²) < 4.78 is 58.9. The Morgan fingerprint density at radius 1 is 1.02 bits per heavy atom. The van der Waals surface area contributed by atoms with Gasteiger partial charge in [-0.2, -0.15) is 10.2 Å². The minimum Gasteiger partial charge on any atom is -0.375 e. The predicted molar refractivity (Wildman–Crippen MR) is 222 cm³/mol. The minimum absolute atomic E-state index is 0.0308. The summed E-state index contributed by atoms with van der Waals surface area (Å²) in [5, 5.41) is 16.8.